The van der Waals surface area contributed by atoms with Crippen LogP contribution in [0.5, 0.6) is 0 Å². The molecule has 0 atom stereocenters. The van der Waals surface area contributed by atoms with E-state index in [0.717, 1.165) is 25.7 Å². The number of rotatable bonds is 3. The smallest absolute Gasteiger partial charge is 0.243 e. The lowest BCUT2D eigenvalue weighted by Crippen LogP contribution is -2.35. The van der Waals surface area contributed by atoms with E-state index >= 15 is 0 Å². The van der Waals surface area contributed by atoms with Gasteiger partial charge in [-0.15, -0.1) is 0 Å². The second-order valence-corrected chi connectivity index (χ2v) is 8.65. The summed E-state index contributed by atoms with van der Waals surface area (Å²) < 4.78 is 33.3. The zero-order valence-electron chi connectivity index (χ0n) is 14.6. The largest absolute Gasteiger partial charge is 0.243 e. The minimum atomic E-state index is -3.63. The van der Waals surface area contributed by atoms with Crippen molar-refractivity contribution < 1.29 is 13.0 Å². The summed E-state index contributed by atoms with van der Waals surface area (Å²) >= 11 is 0. The first kappa shape index (κ1) is 18.3. The summed E-state index contributed by atoms with van der Waals surface area (Å²) in [7, 11) is -3.63. The van der Waals surface area contributed by atoms with Gasteiger partial charge in [0.05, 0.1) is 0 Å². The number of fused-ring (bicyclic) bond motifs is 1. The quantitative estimate of drug-likeness (QED) is 0.882. The highest BCUT2D eigenvalue weighted by Crippen LogP contribution is 2.22. The van der Waals surface area contributed by atoms with Crippen molar-refractivity contribution in [3.05, 3.63) is 18.2 Å². The Bertz CT molecular complexity index is 761. The Balaban J connectivity index is 1.71. The van der Waals surface area contributed by atoms with Crippen molar-refractivity contribution in [1.82, 2.24) is 15.0 Å². The second kappa shape index (κ2) is 8.76. The molecule has 1 N–H and O–H groups in total. The van der Waals surface area contributed by atoms with Gasteiger partial charge < -0.3 is 0 Å². The lowest BCUT2D eigenvalue weighted by atomic mass is 9.98. The van der Waals surface area contributed by atoms with Crippen molar-refractivity contribution in [1.29, 1.82) is 0 Å². The molecule has 0 radical (unpaired) electrons. The van der Waals surface area contributed by atoms with E-state index in [4.69, 9.17) is 4.63 Å². The van der Waals surface area contributed by atoms with Crippen LogP contribution in [-0.2, 0) is 10.0 Å². The number of hydrogen-bond donors (Lipinski definition) is 1. The summed E-state index contributed by atoms with van der Waals surface area (Å²) in [5, 5.41) is 7.49. The Hall–Kier alpha value is -1.47. The monoisotopic (exact) mass is 365 g/mol. The van der Waals surface area contributed by atoms with Gasteiger partial charge >= 0.3 is 0 Å². The summed E-state index contributed by atoms with van der Waals surface area (Å²) in [5.41, 5.74) is 0.754. The zero-order valence-corrected chi connectivity index (χ0v) is 15.4. The van der Waals surface area contributed by atoms with Gasteiger partial charge in [-0.05, 0) is 35.3 Å². The summed E-state index contributed by atoms with van der Waals surface area (Å²) in [6.45, 7) is 0. The number of aromatic nitrogens is 2. The Labute approximate surface area is 149 Å². The van der Waals surface area contributed by atoms with E-state index in [0.29, 0.717) is 11.0 Å². The Kier molecular flexibility index (Phi) is 6.42. The number of hydrogen-bond acceptors (Lipinski definition) is 5. The van der Waals surface area contributed by atoms with Crippen LogP contribution in [0, 0.1) is 0 Å². The van der Waals surface area contributed by atoms with E-state index < -0.39 is 10.0 Å². The maximum Gasteiger partial charge on any atom is 0.243 e. The van der Waals surface area contributed by atoms with E-state index in [1.54, 1.807) is 18.2 Å². The van der Waals surface area contributed by atoms with Crippen LogP contribution in [0.3, 0.4) is 0 Å². The molecule has 6 nitrogen and oxygen atoms in total. The van der Waals surface area contributed by atoms with E-state index in [9.17, 15) is 8.42 Å². The van der Waals surface area contributed by atoms with Crippen LogP contribution in [-0.4, -0.2) is 24.8 Å². The molecule has 0 saturated heterocycles. The van der Waals surface area contributed by atoms with E-state index in [-0.39, 0.29) is 10.9 Å². The lowest BCUT2D eigenvalue weighted by molar-refractivity contribution is 0.315. The van der Waals surface area contributed by atoms with Gasteiger partial charge in [-0.1, -0.05) is 63.9 Å². The second-order valence-electron chi connectivity index (χ2n) is 6.97. The molecule has 0 spiro atoms. The van der Waals surface area contributed by atoms with Crippen molar-refractivity contribution in [2.75, 3.05) is 0 Å². The highest BCUT2D eigenvalue weighted by atomic mass is 32.2. The zero-order chi connectivity index (χ0) is 17.5. The molecule has 1 aromatic heterocycles. The SMILES string of the molecule is O=S(=O)(NC1CCCCCCCCCCC1)c1cccc2nonc12. The van der Waals surface area contributed by atoms with Crippen LogP contribution < -0.4 is 4.72 Å². The average Bonchev–Trinajstić information content (AvgIpc) is 3.05. The van der Waals surface area contributed by atoms with Crippen LogP contribution in [0.4, 0.5) is 0 Å². The van der Waals surface area contributed by atoms with Gasteiger partial charge in [-0.25, -0.2) is 17.8 Å². The molecule has 0 aliphatic heterocycles. The molecule has 3 rings (SSSR count). The van der Waals surface area contributed by atoms with Crippen molar-refractivity contribution in [3.63, 3.8) is 0 Å². The number of benzene rings is 1. The normalized spacial score (nSPS) is 19.4. The molecule has 138 valence electrons. The molecule has 7 heteroatoms. The topological polar surface area (TPSA) is 85.1 Å². The lowest BCUT2D eigenvalue weighted by Gasteiger charge is -2.19. The number of nitrogens with one attached hydrogen (secondary N) is 1. The average molecular weight is 365 g/mol. The maximum atomic E-state index is 12.9. The van der Waals surface area contributed by atoms with E-state index in [1.807, 2.05) is 0 Å². The molecule has 25 heavy (non-hydrogen) atoms. The van der Waals surface area contributed by atoms with Gasteiger partial charge in [0.2, 0.25) is 10.0 Å². The molecule has 1 aromatic carbocycles. The molecule has 0 bridgehead atoms. The highest BCUT2D eigenvalue weighted by Gasteiger charge is 2.23. The van der Waals surface area contributed by atoms with Gasteiger partial charge in [0.1, 0.15) is 10.4 Å². The predicted molar refractivity (Wildman–Crippen MR) is 96.7 cm³/mol. The predicted octanol–water partition coefficient (Wildman–Crippen LogP) is 4.17. The minimum Gasteiger partial charge on any atom is -0.243 e. The van der Waals surface area contributed by atoms with Gasteiger partial charge in [-0.3, -0.25) is 0 Å². The summed E-state index contributed by atoms with van der Waals surface area (Å²) in [6, 6.07) is 4.91. The summed E-state index contributed by atoms with van der Waals surface area (Å²) in [4.78, 5) is 0.150. The first-order valence-corrected chi connectivity index (χ1v) is 10.9. The first-order valence-electron chi connectivity index (χ1n) is 9.40. The van der Waals surface area contributed by atoms with Crippen molar-refractivity contribution >= 4 is 21.1 Å². The highest BCUT2D eigenvalue weighted by molar-refractivity contribution is 7.89. The van der Waals surface area contributed by atoms with Crippen molar-refractivity contribution in [2.45, 2.75) is 81.6 Å². The molecule has 1 aliphatic carbocycles. The van der Waals surface area contributed by atoms with Crippen LogP contribution in [0.1, 0.15) is 70.6 Å². The third-order valence-corrected chi connectivity index (χ3v) is 6.52. The summed E-state index contributed by atoms with van der Waals surface area (Å²) in [5.74, 6) is 0. The molecule has 1 heterocycles. The van der Waals surface area contributed by atoms with Gasteiger partial charge in [-0.2, -0.15) is 0 Å². The van der Waals surface area contributed by atoms with E-state index in [1.165, 1.54) is 44.9 Å². The number of sulfonamides is 1. The molecule has 2 aromatic rings. The van der Waals surface area contributed by atoms with Crippen LogP contribution in [0.15, 0.2) is 27.7 Å². The minimum absolute atomic E-state index is 0.0143. The maximum absolute atomic E-state index is 12.9. The van der Waals surface area contributed by atoms with Gasteiger partial charge in [0.25, 0.3) is 0 Å². The molecular formula is C18H27N3O3S. The van der Waals surface area contributed by atoms with Crippen molar-refractivity contribution in [2.24, 2.45) is 0 Å². The fourth-order valence-electron chi connectivity index (χ4n) is 3.56. The molecule has 0 amide bonds. The molecular weight excluding hydrogens is 338 g/mol. The Morgan fingerprint density at radius 3 is 2.12 bits per heavy atom. The van der Waals surface area contributed by atoms with Crippen LogP contribution in [0.2, 0.25) is 0 Å². The Morgan fingerprint density at radius 1 is 0.880 bits per heavy atom. The molecule has 0 unspecified atom stereocenters. The first-order chi connectivity index (χ1) is 12.2. The molecule has 1 saturated carbocycles. The standard InChI is InChI=1S/C18H27N3O3S/c22-25(23,17-14-10-13-16-18(17)20-24-19-16)21-15-11-8-6-4-2-1-3-5-7-9-12-15/h10,13-15,21H,1-9,11-12H2. The van der Waals surface area contributed by atoms with E-state index in [2.05, 4.69) is 15.0 Å². The molecule has 1 aliphatic rings. The fraction of sp³-hybridized carbons (Fsp3) is 0.667. The third-order valence-electron chi connectivity index (χ3n) is 4.97. The van der Waals surface area contributed by atoms with Crippen LogP contribution >= 0.6 is 0 Å². The fourth-order valence-corrected chi connectivity index (χ4v) is 5.02. The third kappa shape index (κ3) is 5.01. The van der Waals surface area contributed by atoms with Crippen LogP contribution in [0.25, 0.3) is 11.0 Å². The number of nitrogens with zero attached hydrogens (tertiary/aromatic N) is 2. The van der Waals surface area contributed by atoms with Gasteiger partial charge in [0.15, 0.2) is 5.52 Å². The van der Waals surface area contributed by atoms with Gasteiger partial charge in [0, 0.05) is 6.04 Å². The molecule has 1 fully saturated rings. The van der Waals surface area contributed by atoms with Crippen molar-refractivity contribution in [3.8, 4) is 0 Å². The Morgan fingerprint density at radius 2 is 1.48 bits per heavy atom. The summed E-state index contributed by atoms with van der Waals surface area (Å²) in [6.07, 6.45) is 12.8.